The van der Waals surface area contributed by atoms with Gasteiger partial charge in [0, 0.05) is 0 Å². The van der Waals surface area contributed by atoms with Crippen molar-refractivity contribution in [3.05, 3.63) is 10.7 Å². The molecular weight excluding hydrogens is 232 g/mol. The van der Waals surface area contributed by atoms with Gasteiger partial charge in [-0.25, -0.2) is 0 Å². The summed E-state index contributed by atoms with van der Waals surface area (Å²) in [5.41, 5.74) is 0.262. The summed E-state index contributed by atoms with van der Waals surface area (Å²) in [7, 11) is 0. The molecule has 0 unspecified atom stereocenters. The average Bonchev–Trinajstić information content (AvgIpc) is 2.42. The van der Waals surface area contributed by atoms with Gasteiger partial charge in [0.15, 0.2) is 5.15 Å². The van der Waals surface area contributed by atoms with Gasteiger partial charge in [-0.2, -0.15) is 9.64 Å². The lowest BCUT2D eigenvalue weighted by molar-refractivity contribution is -0.133. The smallest absolute Gasteiger partial charge is 0.313 e. The van der Waals surface area contributed by atoms with E-state index in [9.17, 15) is 4.79 Å². The van der Waals surface area contributed by atoms with Crippen LogP contribution in [0.4, 0.5) is 0 Å². The Hall–Kier alpha value is -0.770. The SMILES string of the molecule is N#Cc1c(Cl)nsc1SCC(=O)O. The third kappa shape index (κ3) is 2.59. The minimum absolute atomic E-state index is 0.0901. The lowest BCUT2D eigenvalue weighted by Crippen LogP contribution is -1.96. The van der Waals surface area contributed by atoms with E-state index in [1.807, 2.05) is 6.07 Å². The zero-order valence-corrected chi connectivity index (χ0v) is 8.54. The van der Waals surface area contributed by atoms with Crippen LogP contribution in [-0.4, -0.2) is 21.2 Å². The second-order valence-corrected chi connectivity index (χ2v) is 4.31. The van der Waals surface area contributed by atoms with Crippen LogP contribution in [-0.2, 0) is 4.79 Å². The van der Waals surface area contributed by atoms with E-state index < -0.39 is 5.97 Å². The summed E-state index contributed by atoms with van der Waals surface area (Å²) < 4.78 is 4.29. The minimum Gasteiger partial charge on any atom is -0.481 e. The molecule has 0 spiro atoms. The van der Waals surface area contributed by atoms with E-state index in [4.69, 9.17) is 22.0 Å². The van der Waals surface area contributed by atoms with Crippen LogP contribution in [0.25, 0.3) is 0 Å². The molecule has 1 aromatic rings. The molecule has 1 rings (SSSR count). The summed E-state index contributed by atoms with van der Waals surface area (Å²) in [4.78, 5) is 10.2. The predicted molar refractivity (Wildman–Crippen MR) is 50.2 cm³/mol. The molecule has 0 radical (unpaired) electrons. The van der Waals surface area contributed by atoms with E-state index >= 15 is 0 Å². The van der Waals surface area contributed by atoms with Crippen molar-refractivity contribution in [2.24, 2.45) is 0 Å². The Morgan fingerprint density at radius 3 is 3.08 bits per heavy atom. The number of hydrogen-bond acceptors (Lipinski definition) is 5. The molecule has 13 heavy (non-hydrogen) atoms. The van der Waals surface area contributed by atoms with Crippen molar-refractivity contribution in [3.63, 3.8) is 0 Å². The molecule has 1 heterocycles. The summed E-state index contributed by atoms with van der Waals surface area (Å²) in [5.74, 6) is -1.02. The molecule has 0 bridgehead atoms. The molecule has 0 fully saturated rings. The van der Waals surface area contributed by atoms with Crippen LogP contribution in [0.2, 0.25) is 5.15 Å². The first-order chi connectivity index (χ1) is 6.15. The van der Waals surface area contributed by atoms with Gasteiger partial charge in [-0.05, 0) is 11.5 Å². The number of thioether (sulfide) groups is 1. The van der Waals surface area contributed by atoms with Crippen LogP contribution < -0.4 is 0 Å². The number of nitriles is 1. The Morgan fingerprint density at radius 2 is 2.54 bits per heavy atom. The molecule has 0 atom stereocenters. The summed E-state index contributed by atoms with van der Waals surface area (Å²) in [6.07, 6.45) is 0. The van der Waals surface area contributed by atoms with E-state index in [0.717, 1.165) is 23.3 Å². The van der Waals surface area contributed by atoms with Gasteiger partial charge in [-0.3, -0.25) is 4.79 Å². The van der Waals surface area contributed by atoms with E-state index in [1.165, 1.54) is 0 Å². The van der Waals surface area contributed by atoms with Crippen LogP contribution in [0.5, 0.6) is 0 Å². The zero-order chi connectivity index (χ0) is 9.84. The van der Waals surface area contributed by atoms with Crippen molar-refractivity contribution >= 4 is 40.9 Å². The molecular formula is C6H3ClN2O2S2. The van der Waals surface area contributed by atoms with Crippen LogP contribution >= 0.6 is 34.9 Å². The number of carboxylic acid groups (broad SMARTS) is 1. The highest BCUT2D eigenvalue weighted by atomic mass is 35.5. The van der Waals surface area contributed by atoms with Crippen molar-refractivity contribution in [2.75, 3.05) is 5.75 Å². The second-order valence-electron chi connectivity index (χ2n) is 1.93. The first kappa shape index (κ1) is 10.3. The van der Waals surface area contributed by atoms with E-state index in [1.54, 1.807) is 0 Å². The van der Waals surface area contributed by atoms with Crippen molar-refractivity contribution < 1.29 is 9.90 Å². The van der Waals surface area contributed by atoms with Gasteiger partial charge in [0.2, 0.25) is 0 Å². The number of aliphatic carboxylic acids is 1. The summed E-state index contributed by atoms with van der Waals surface area (Å²) in [5, 5.41) is 17.2. The maximum absolute atomic E-state index is 10.2. The first-order valence-electron chi connectivity index (χ1n) is 3.05. The maximum Gasteiger partial charge on any atom is 0.313 e. The standard InChI is InChI=1S/C6H3ClN2O2S2/c7-5-3(1-8)6(13-9-5)12-2-4(10)11/h2H2,(H,10,11). The minimum atomic E-state index is -0.932. The van der Waals surface area contributed by atoms with Crippen molar-refractivity contribution in [1.82, 2.24) is 4.37 Å². The van der Waals surface area contributed by atoms with Crippen molar-refractivity contribution in [3.8, 4) is 6.07 Å². The van der Waals surface area contributed by atoms with Gasteiger partial charge in [0.1, 0.15) is 15.8 Å². The summed E-state index contributed by atoms with van der Waals surface area (Å²) in [6.45, 7) is 0. The molecule has 0 aliphatic carbocycles. The quantitative estimate of drug-likeness (QED) is 0.808. The number of nitrogens with zero attached hydrogens (tertiary/aromatic N) is 2. The lowest BCUT2D eigenvalue weighted by atomic mass is 10.4. The fraction of sp³-hybridized carbons (Fsp3) is 0.167. The molecule has 68 valence electrons. The molecule has 0 aliphatic heterocycles. The van der Waals surface area contributed by atoms with Crippen LogP contribution in [0.1, 0.15) is 5.56 Å². The Bertz CT molecular complexity index is 371. The van der Waals surface area contributed by atoms with Crippen molar-refractivity contribution in [2.45, 2.75) is 4.21 Å². The third-order valence-electron chi connectivity index (χ3n) is 1.06. The highest BCUT2D eigenvalue weighted by molar-refractivity contribution is 8.01. The summed E-state index contributed by atoms with van der Waals surface area (Å²) >= 11 is 7.66. The van der Waals surface area contributed by atoms with Gasteiger partial charge in [-0.1, -0.05) is 11.6 Å². The van der Waals surface area contributed by atoms with Crippen LogP contribution in [0.15, 0.2) is 4.21 Å². The van der Waals surface area contributed by atoms with Gasteiger partial charge in [0.25, 0.3) is 0 Å². The Kier molecular flexibility index (Phi) is 3.54. The predicted octanol–water partition coefficient (Wildman–Crippen LogP) is 1.84. The van der Waals surface area contributed by atoms with Gasteiger partial charge < -0.3 is 5.11 Å². The molecule has 1 aromatic heterocycles. The lowest BCUT2D eigenvalue weighted by Gasteiger charge is -1.91. The Labute approximate surface area is 87.3 Å². The Balaban J connectivity index is 2.78. The maximum atomic E-state index is 10.2. The monoisotopic (exact) mass is 234 g/mol. The highest BCUT2D eigenvalue weighted by Crippen LogP contribution is 2.31. The van der Waals surface area contributed by atoms with Gasteiger partial charge in [-0.15, -0.1) is 11.8 Å². The molecule has 0 saturated carbocycles. The molecule has 0 saturated heterocycles. The Morgan fingerprint density at radius 1 is 1.85 bits per heavy atom. The first-order valence-corrected chi connectivity index (χ1v) is 5.18. The fourth-order valence-electron chi connectivity index (χ4n) is 0.575. The number of carboxylic acids is 1. The number of hydrogen-bond donors (Lipinski definition) is 1. The largest absolute Gasteiger partial charge is 0.481 e. The molecule has 0 amide bonds. The molecule has 4 nitrogen and oxygen atoms in total. The molecule has 0 aliphatic rings. The molecule has 0 aromatic carbocycles. The van der Waals surface area contributed by atoms with E-state index in [0.29, 0.717) is 4.21 Å². The third-order valence-corrected chi connectivity index (χ3v) is 3.51. The van der Waals surface area contributed by atoms with E-state index in [-0.39, 0.29) is 16.5 Å². The summed E-state index contributed by atoms with van der Waals surface area (Å²) in [6, 6.07) is 1.87. The van der Waals surface area contributed by atoms with E-state index in [2.05, 4.69) is 4.37 Å². The van der Waals surface area contributed by atoms with Crippen molar-refractivity contribution in [1.29, 1.82) is 5.26 Å². The highest BCUT2D eigenvalue weighted by Gasteiger charge is 2.12. The average molecular weight is 235 g/mol. The van der Waals surface area contributed by atoms with Crippen LogP contribution in [0.3, 0.4) is 0 Å². The normalized spacial score (nSPS) is 9.54. The van der Waals surface area contributed by atoms with Crippen LogP contribution in [0, 0.1) is 11.3 Å². The number of halogens is 1. The topological polar surface area (TPSA) is 74.0 Å². The number of carbonyl (C=O) groups is 1. The molecule has 7 heteroatoms. The zero-order valence-electron chi connectivity index (χ0n) is 6.15. The number of rotatable bonds is 3. The fourth-order valence-corrected chi connectivity index (χ4v) is 2.46. The van der Waals surface area contributed by atoms with Gasteiger partial charge in [0.05, 0.1) is 5.75 Å². The molecule has 1 N–H and O–H groups in total. The second kappa shape index (κ2) is 4.46. The number of aromatic nitrogens is 1. The van der Waals surface area contributed by atoms with Gasteiger partial charge >= 0.3 is 5.97 Å².